The van der Waals surface area contributed by atoms with E-state index in [1.165, 1.54) is 5.56 Å². The highest BCUT2D eigenvalue weighted by Gasteiger charge is 2.38. The lowest BCUT2D eigenvalue weighted by Crippen LogP contribution is -2.36. The number of fused-ring (bicyclic) bond motifs is 1. The number of para-hydroxylation sites is 1. The summed E-state index contributed by atoms with van der Waals surface area (Å²) in [4.78, 5) is 29.8. The molecule has 2 aromatic rings. The number of aromatic amines is 1. The number of ether oxygens (including phenoxy) is 1. The van der Waals surface area contributed by atoms with E-state index < -0.39 is 12.1 Å². The third kappa shape index (κ3) is 5.47. The van der Waals surface area contributed by atoms with E-state index in [9.17, 15) is 18.0 Å². The van der Waals surface area contributed by atoms with Crippen molar-refractivity contribution in [1.29, 1.82) is 0 Å². The number of carboxylic acids is 1. The molecule has 1 aliphatic rings. The first-order valence-corrected chi connectivity index (χ1v) is 7.89. The average molecular weight is 385 g/mol. The molecule has 0 saturated carbocycles. The van der Waals surface area contributed by atoms with Crippen molar-refractivity contribution in [2.45, 2.75) is 25.6 Å². The molecule has 0 radical (unpaired) electrons. The number of hydrogen-bond donors (Lipinski definition) is 2. The highest BCUT2D eigenvalue weighted by Crippen LogP contribution is 2.28. The van der Waals surface area contributed by atoms with Crippen LogP contribution in [-0.2, 0) is 11.2 Å². The smallest absolute Gasteiger partial charge is 0.488 e. The van der Waals surface area contributed by atoms with Crippen LogP contribution in [-0.4, -0.2) is 57.7 Å². The number of carboxylic acid groups (broad SMARTS) is 1. The van der Waals surface area contributed by atoms with Crippen molar-refractivity contribution >= 4 is 11.9 Å². The molecule has 7 nitrogen and oxygen atoms in total. The highest BCUT2D eigenvalue weighted by atomic mass is 19.4. The standard InChI is InChI=1S/C15H17N3O2.C2HF3O2/c1-10-8-16-14(17-10)15(19)18(2)9-12-7-11-5-3-4-6-13(11)20-12;3-2(4,5)1(6)7/h3-6,8,12H,7,9H2,1-2H3,(H,16,17);(H,6,7). The Morgan fingerprint density at radius 3 is 2.52 bits per heavy atom. The van der Waals surface area contributed by atoms with Crippen LogP contribution in [0.3, 0.4) is 0 Å². The maximum atomic E-state index is 12.2. The van der Waals surface area contributed by atoms with Gasteiger partial charge < -0.3 is 19.7 Å². The number of H-pyrrole nitrogens is 1. The van der Waals surface area contributed by atoms with Crippen molar-refractivity contribution < 1.29 is 32.6 Å². The summed E-state index contributed by atoms with van der Waals surface area (Å²) in [7, 11) is 1.77. The molecule has 0 fully saturated rings. The summed E-state index contributed by atoms with van der Waals surface area (Å²) in [6.07, 6.45) is -2.58. The largest absolute Gasteiger partial charge is 0.490 e. The zero-order valence-electron chi connectivity index (χ0n) is 14.6. The minimum absolute atomic E-state index is 0.0115. The third-order valence-electron chi connectivity index (χ3n) is 3.69. The number of benzene rings is 1. The van der Waals surface area contributed by atoms with Gasteiger partial charge in [0.05, 0.1) is 6.54 Å². The lowest BCUT2D eigenvalue weighted by molar-refractivity contribution is -0.192. The Labute approximate surface area is 152 Å². The molecule has 10 heteroatoms. The molecular formula is C17H18F3N3O4. The molecule has 1 unspecified atom stereocenters. The van der Waals surface area contributed by atoms with Crippen LogP contribution >= 0.6 is 0 Å². The molecule has 1 amide bonds. The fourth-order valence-electron chi connectivity index (χ4n) is 2.45. The fraction of sp³-hybridized carbons (Fsp3) is 0.353. The minimum atomic E-state index is -5.08. The van der Waals surface area contributed by atoms with Crippen molar-refractivity contribution in [1.82, 2.24) is 14.9 Å². The van der Waals surface area contributed by atoms with Crippen molar-refractivity contribution in [3.8, 4) is 5.75 Å². The van der Waals surface area contributed by atoms with Crippen molar-refractivity contribution in [2.24, 2.45) is 0 Å². The first-order chi connectivity index (χ1) is 12.6. The Balaban J connectivity index is 0.000000321. The SMILES string of the molecule is Cc1cnc(C(=O)N(C)CC2Cc3ccccc3O2)[nH]1.O=C(O)C(F)(F)F. The lowest BCUT2D eigenvalue weighted by atomic mass is 10.1. The molecule has 1 aromatic heterocycles. The Morgan fingerprint density at radius 2 is 2.00 bits per heavy atom. The summed E-state index contributed by atoms with van der Waals surface area (Å²) in [6.45, 7) is 2.42. The predicted octanol–water partition coefficient (Wildman–Crippen LogP) is 2.43. The molecule has 1 aromatic carbocycles. The number of carbonyl (C=O) groups is 2. The normalized spacial score (nSPS) is 15.2. The lowest BCUT2D eigenvalue weighted by Gasteiger charge is -2.20. The van der Waals surface area contributed by atoms with Gasteiger partial charge in [0.2, 0.25) is 0 Å². The van der Waals surface area contributed by atoms with Gasteiger partial charge in [0, 0.05) is 25.4 Å². The van der Waals surface area contributed by atoms with Gasteiger partial charge in [-0.1, -0.05) is 18.2 Å². The van der Waals surface area contributed by atoms with Crippen LogP contribution in [0.5, 0.6) is 5.75 Å². The van der Waals surface area contributed by atoms with Gasteiger partial charge in [-0.3, -0.25) is 4.79 Å². The van der Waals surface area contributed by atoms with Gasteiger partial charge in [0.1, 0.15) is 11.9 Å². The van der Waals surface area contributed by atoms with Crippen LogP contribution in [0.4, 0.5) is 13.2 Å². The number of aryl methyl sites for hydroxylation is 1. The molecule has 2 heterocycles. The van der Waals surface area contributed by atoms with E-state index in [2.05, 4.69) is 16.0 Å². The molecule has 0 spiro atoms. The van der Waals surface area contributed by atoms with Crippen molar-refractivity contribution in [3.63, 3.8) is 0 Å². The molecule has 1 aliphatic heterocycles. The summed E-state index contributed by atoms with van der Waals surface area (Å²) in [5.41, 5.74) is 2.08. The highest BCUT2D eigenvalue weighted by molar-refractivity contribution is 5.90. The predicted molar refractivity (Wildman–Crippen MR) is 88.5 cm³/mol. The summed E-state index contributed by atoms with van der Waals surface area (Å²) in [6, 6.07) is 7.99. The van der Waals surface area contributed by atoms with Gasteiger partial charge >= 0.3 is 12.1 Å². The summed E-state index contributed by atoms with van der Waals surface area (Å²) in [5, 5.41) is 7.12. The third-order valence-corrected chi connectivity index (χ3v) is 3.69. The van der Waals surface area contributed by atoms with Crippen LogP contribution in [0.1, 0.15) is 21.9 Å². The minimum Gasteiger partial charge on any atom is -0.488 e. The molecule has 146 valence electrons. The quantitative estimate of drug-likeness (QED) is 0.846. The summed E-state index contributed by atoms with van der Waals surface area (Å²) < 4.78 is 37.6. The van der Waals surface area contributed by atoms with Crippen molar-refractivity contribution in [2.75, 3.05) is 13.6 Å². The molecule has 0 aliphatic carbocycles. The van der Waals surface area contributed by atoms with E-state index in [0.717, 1.165) is 17.9 Å². The van der Waals surface area contributed by atoms with Crippen LogP contribution in [0.25, 0.3) is 0 Å². The Morgan fingerprint density at radius 1 is 1.37 bits per heavy atom. The van der Waals surface area contributed by atoms with E-state index in [1.807, 2.05) is 25.1 Å². The maximum absolute atomic E-state index is 12.2. The number of imidazole rings is 1. The van der Waals surface area contributed by atoms with E-state index in [1.54, 1.807) is 18.1 Å². The second-order valence-electron chi connectivity index (χ2n) is 5.96. The van der Waals surface area contributed by atoms with Gasteiger partial charge in [-0.05, 0) is 18.6 Å². The molecule has 27 heavy (non-hydrogen) atoms. The number of carbonyl (C=O) groups excluding carboxylic acids is 1. The molecule has 0 bridgehead atoms. The van der Waals surface area contributed by atoms with E-state index >= 15 is 0 Å². The number of likely N-dealkylation sites (N-methyl/N-ethyl adjacent to an activating group) is 1. The number of nitrogens with zero attached hydrogens (tertiary/aromatic N) is 2. The number of aromatic nitrogens is 2. The average Bonchev–Trinajstić information content (AvgIpc) is 3.19. The molecule has 3 rings (SSSR count). The van der Waals surface area contributed by atoms with Crippen molar-refractivity contribution in [3.05, 3.63) is 47.5 Å². The van der Waals surface area contributed by atoms with Crippen LogP contribution in [0, 0.1) is 6.92 Å². The first kappa shape index (κ1) is 20.3. The number of amides is 1. The Hall–Kier alpha value is -3.04. The number of hydrogen-bond acceptors (Lipinski definition) is 4. The van der Waals surface area contributed by atoms with Crippen LogP contribution in [0.2, 0.25) is 0 Å². The second-order valence-corrected chi connectivity index (χ2v) is 5.96. The molecule has 1 atom stereocenters. The molecule has 0 saturated heterocycles. The topological polar surface area (TPSA) is 95.5 Å². The van der Waals surface area contributed by atoms with E-state index in [-0.39, 0.29) is 12.0 Å². The van der Waals surface area contributed by atoms with Gasteiger partial charge in [-0.25, -0.2) is 9.78 Å². The number of aliphatic carboxylic acids is 1. The van der Waals surface area contributed by atoms with Gasteiger partial charge in [0.25, 0.3) is 5.91 Å². The second kappa shape index (κ2) is 8.11. The molecule has 2 N–H and O–H groups in total. The number of alkyl halides is 3. The monoisotopic (exact) mass is 385 g/mol. The Kier molecular flexibility index (Phi) is 6.09. The zero-order valence-corrected chi connectivity index (χ0v) is 14.6. The van der Waals surface area contributed by atoms with Crippen LogP contribution < -0.4 is 4.74 Å². The van der Waals surface area contributed by atoms with Gasteiger partial charge in [-0.2, -0.15) is 13.2 Å². The summed E-state index contributed by atoms with van der Waals surface area (Å²) >= 11 is 0. The van der Waals surface area contributed by atoms with E-state index in [4.69, 9.17) is 14.6 Å². The van der Waals surface area contributed by atoms with Crippen LogP contribution in [0.15, 0.2) is 30.5 Å². The number of nitrogens with one attached hydrogen (secondary N) is 1. The maximum Gasteiger partial charge on any atom is 0.490 e. The zero-order chi connectivity index (χ0) is 20.2. The number of halogens is 3. The first-order valence-electron chi connectivity index (χ1n) is 7.89. The summed E-state index contributed by atoms with van der Waals surface area (Å²) in [5.74, 6) is -1.57. The van der Waals surface area contributed by atoms with Gasteiger partial charge in [-0.15, -0.1) is 0 Å². The Bertz CT molecular complexity index is 795. The van der Waals surface area contributed by atoms with Gasteiger partial charge in [0.15, 0.2) is 5.82 Å². The number of rotatable bonds is 3. The van der Waals surface area contributed by atoms with E-state index in [0.29, 0.717) is 12.4 Å². The fourth-order valence-corrected chi connectivity index (χ4v) is 2.45. The molecular weight excluding hydrogens is 367 g/mol.